The largest absolute Gasteiger partial charge is 0.357 e. The minimum Gasteiger partial charge on any atom is -0.357 e. The molecule has 0 fully saturated rings. The number of anilines is 1. The maximum atomic E-state index is 11.0. The van der Waals surface area contributed by atoms with Crippen LogP contribution in [0.3, 0.4) is 0 Å². The second-order valence-corrected chi connectivity index (χ2v) is 6.63. The smallest absolute Gasteiger partial charge is 0.205 e. The van der Waals surface area contributed by atoms with Gasteiger partial charge in [0.1, 0.15) is 14.8 Å². The van der Waals surface area contributed by atoms with Gasteiger partial charge in [-0.1, -0.05) is 11.3 Å². The Hall–Kier alpha value is -0.690. The van der Waals surface area contributed by atoms with Crippen LogP contribution in [0, 0.1) is 6.92 Å². The van der Waals surface area contributed by atoms with E-state index in [-0.39, 0.29) is 11.8 Å². The molecule has 1 heterocycles. The highest BCUT2D eigenvalue weighted by Gasteiger charge is 2.11. The zero-order valence-corrected chi connectivity index (χ0v) is 9.94. The highest BCUT2D eigenvalue weighted by molar-refractivity contribution is 7.90. The summed E-state index contributed by atoms with van der Waals surface area (Å²) in [5.41, 5.74) is 0. The van der Waals surface area contributed by atoms with Gasteiger partial charge in [-0.3, -0.25) is 0 Å². The lowest BCUT2D eigenvalue weighted by molar-refractivity contribution is 0.598. The van der Waals surface area contributed by atoms with Crippen molar-refractivity contribution in [3.8, 4) is 0 Å². The summed E-state index contributed by atoms with van der Waals surface area (Å²) in [6.07, 6.45) is 1.22. The molecule has 0 aliphatic heterocycles. The van der Waals surface area contributed by atoms with E-state index in [1.807, 2.05) is 6.92 Å². The second-order valence-electron chi connectivity index (χ2n) is 3.26. The molecule has 1 N–H and O–H groups in total. The van der Waals surface area contributed by atoms with Gasteiger partial charge in [0.05, 0.1) is 5.75 Å². The van der Waals surface area contributed by atoms with Gasteiger partial charge in [0.25, 0.3) is 0 Å². The molecule has 80 valence electrons. The van der Waals surface area contributed by atoms with Crippen LogP contribution >= 0.6 is 11.3 Å². The van der Waals surface area contributed by atoms with Crippen LogP contribution in [0.1, 0.15) is 11.9 Å². The third-order valence-corrected chi connectivity index (χ3v) is 3.32. The Morgan fingerprint density at radius 3 is 2.57 bits per heavy atom. The number of aryl methyl sites for hydroxylation is 1. The monoisotopic (exact) mass is 235 g/mol. The average molecular weight is 235 g/mol. The van der Waals surface area contributed by atoms with Crippen LogP contribution in [0.15, 0.2) is 0 Å². The first-order chi connectivity index (χ1) is 6.37. The normalized spacial score (nSPS) is 13.9. The fraction of sp³-hybridized carbons (Fsp3) is 0.714. The Bertz CT molecular complexity index is 399. The molecule has 0 amide bonds. The van der Waals surface area contributed by atoms with Gasteiger partial charge in [-0.25, -0.2) is 8.42 Å². The van der Waals surface area contributed by atoms with E-state index in [2.05, 4.69) is 15.5 Å². The molecular formula is C7H13N3O2S2. The van der Waals surface area contributed by atoms with Gasteiger partial charge in [0, 0.05) is 12.3 Å². The number of sulfone groups is 1. The summed E-state index contributed by atoms with van der Waals surface area (Å²) in [6, 6.07) is -0.141. The van der Waals surface area contributed by atoms with Gasteiger partial charge < -0.3 is 5.32 Å². The number of nitrogens with one attached hydrogen (secondary N) is 1. The summed E-state index contributed by atoms with van der Waals surface area (Å²) in [6.45, 7) is 3.65. The molecule has 1 atom stereocenters. The van der Waals surface area contributed by atoms with Crippen LogP contribution in [0.25, 0.3) is 0 Å². The Morgan fingerprint density at radius 1 is 1.50 bits per heavy atom. The zero-order chi connectivity index (χ0) is 10.8. The molecule has 1 rings (SSSR count). The van der Waals surface area contributed by atoms with E-state index in [0.29, 0.717) is 5.13 Å². The summed E-state index contributed by atoms with van der Waals surface area (Å²) < 4.78 is 21.9. The van der Waals surface area contributed by atoms with Crippen LogP contribution in [0.4, 0.5) is 5.13 Å². The van der Waals surface area contributed by atoms with Crippen LogP contribution in [-0.2, 0) is 9.84 Å². The molecule has 1 aromatic heterocycles. The first kappa shape index (κ1) is 11.4. The van der Waals surface area contributed by atoms with Gasteiger partial charge in [-0.05, 0) is 13.8 Å². The molecule has 1 aromatic rings. The number of rotatable bonds is 4. The van der Waals surface area contributed by atoms with Gasteiger partial charge in [-0.2, -0.15) is 0 Å². The summed E-state index contributed by atoms with van der Waals surface area (Å²) >= 11 is 1.41. The minimum absolute atomic E-state index is 0.103. The Morgan fingerprint density at radius 2 is 2.14 bits per heavy atom. The SMILES string of the molecule is Cc1nnc(NC(C)CS(C)(=O)=O)s1. The van der Waals surface area contributed by atoms with Crippen LogP contribution < -0.4 is 5.32 Å². The van der Waals surface area contributed by atoms with Crippen LogP contribution in [0.5, 0.6) is 0 Å². The Balaban J connectivity index is 2.53. The van der Waals surface area contributed by atoms with E-state index in [4.69, 9.17) is 0 Å². The molecular weight excluding hydrogens is 222 g/mol. The minimum atomic E-state index is -2.94. The molecule has 0 bridgehead atoms. The second kappa shape index (κ2) is 4.22. The van der Waals surface area contributed by atoms with Crippen molar-refractivity contribution in [1.82, 2.24) is 10.2 Å². The lowest BCUT2D eigenvalue weighted by Gasteiger charge is -2.10. The quantitative estimate of drug-likeness (QED) is 0.831. The molecule has 0 spiro atoms. The fourth-order valence-corrected chi connectivity index (χ4v) is 2.76. The third-order valence-electron chi connectivity index (χ3n) is 1.45. The average Bonchev–Trinajstić information content (AvgIpc) is 2.30. The van der Waals surface area contributed by atoms with Crippen molar-refractivity contribution in [1.29, 1.82) is 0 Å². The van der Waals surface area contributed by atoms with Crippen molar-refractivity contribution >= 4 is 26.3 Å². The van der Waals surface area contributed by atoms with Gasteiger partial charge in [-0.15, -0.1) is 10.2 Å². The molecule has 5 nitrogen and oxygen atoms in total. The zero-order valence-electron chi connectivity index (χ0n) is 8.31. The summed E-state index contributed by atoms with van der Waals surface area (Å²) in [4.78, 5) is 0. The molecule has 0 aliphatic carbocycles. The maximum Gasteiger partial charge on any atom is 0.205 e. The van der Waals surface area contributed by atoms with E-state index in [1.165, 1.54) is 17.6 Å². The molecule has 0 aliphatic rings. The number of hydrogen-bond acceptors (Lipinski definition) is 6. The number of aromatic nitrogens is 2. The Labute approximate surface area is 87.5 Å². The van der Waals surface area contributed by atoms with Crippen LogP contribution in [0.2, 0.25) is 0 Å². The van der Waals surface area contributed by atoms with Crippen molar-refractivity contribution in [2.75, 3.05) is 17.3 Å². The van der Waals surface area contributed by atoms with Crippen molar-refractivity contribution in [2.24, 2.45) is 0 Å². The number of nitrogens with zero attached hydrogens (tertiary/aromatic N) is 2. The summed E-state index contributed by atoms with van der Waals surface area (Å²) in [5.74, 6) is 0.103. The van der Waals surface area contributed by atoms with E-state index < -0.39 is 9.84 Å². The predicted molar refractivity (Wildman–Crippen MR) is 57.4 cm³/mol. The summed E-state index contributed by atoms with van der Waals surface area (Å²) in [5, 5.41) is 12.2. The molecule has 0 saturated carbocycles. The van der Waals surface area contributed by atoms with E-state index in [9.17, 15) is 8.42 Å². The first-order valence-corrected chi connectivity index (χ1v) is 6.99. The molecule has 1 unspecified atom stereocenters. The topological polar surface area (TPSA) is 72.0 Å². The predicted octanol–water partition coefficient (Wildman–Crippen LogP) is 0.692. The fourth-order valence-electron chi connectivity index (χ4n) is 1.06. The van der Waals surface area contributed by atoms with Gasteiger partial charge in [0.2, 0.25) is 5.13 Å². The first-order valence-electron chi connectivity index (χ1n) is 4.11. The third kappa shape index (κ3) is 4.01. The molecule has 0 saturated heterocycles. The standard InChI is InChI=1S/C7H13N3O2S2/c1-5(4-14(3,11)12)8-7-10-9-6(2)13-7/h5H,4H2,1-3H3,(H,8,10). The maximum absolute atomic E-state index is 11.0. The highest BCUT2D eigenvalue weighted by atomic mass is 32.2. The molecule has 14 heavy (non-hydrogen) atoms. The van der Waals surface area contributed by atoms with Gasteiger partial charge >= 0.3 is 0 Å². The lowest BCUT2D eigenvalue weighted by Crippen LogP contribution is -2.24. The van der Waals surface area contributed by atoms with E-state index in [0.717, 1.165) is 5.01 Å². The van der Waals surface area contributed by atoms with Crippen molar-refractivity contribution in [2.45, 2.75) is 19.9 Å². The summed E-state index contributed by atoms with van der Waals surface area (Å²) in [7, 11) is -2.94. The van der Waals surface area contributed by atoms with Gasteiger partial charge in [0.15, 0.2) is 0 Å². The van der Waals surface area contributed by atoms with E-state index >= 15 is 0 Å². The molecule has 7 heteroatoms. The molecule has 0 radical (unpaired) electrons. The van der Waals surface area contributed by atoms with Crippen molar-refractivity contribution < 1.29 is 8.42 Å². The number of hydrogen-bond donors (Lipinski definition) is 1. The molecule has 0 aromatic carbocycles. The Kier molecular flexibility index (Phi) is 3.43. The lowest BCUT2D eigenvalue weighted by atomic mass is 10.4. The van der Waals surface area contributed by atoms with E-state index in [1.54, 1.807) is 6.92 Å². The highest BCUT2D eigenvalue weighted by Crippen LogP contribution is 2.14. The van der Waals surface area contributed by atoms with Crippen LogP contribution in [-0.4, -0.2) is 36.7 Å². The van der Waals surface area contributed by atoms with Crippen molar-refractivity contribution in [3.05, 3.63) is 5.01 Å². The van der Waals surface area contributed by atoms with Crippen molar-refractivity contribution in [3.63, 3.8) is 0 Å².